The van der Waals surface area contributed by atoms with Gasteiger partial charge >= 0.3 is 0 Å². The van der Waals surface area contributed by atoms with Crippen molar-refractivity contribution in [1.29, 1.82) is 0 Å². The summed E-state index contributed by atoms with van der Waals surface area (Å²) in [5, 5.41) is 4.30. The van der Waals surface area contributed by atoms with E-state index < -0.39 is 0 Å². The topological polar surface area (TPSA) is 68.8 Å². The number of piperidine rings is 1. The zero-order chi connectivity index (χ0) is 18.8. The number of rotatable bonds is 4. The van der Waals surface area contributed by atoms with Crippen molar-refractivity contribution in [1.82, 2.24) is 29.2 Å². The van der Waals surface area contributed by atoms with Crippen molar-refractivity contribution >= 4 is 5.91 Å². The van der Waals surface area contributed by atoms with E-state index in [1.807, 2.05) is 49.6 Å². The molecule has 7 nitrogen and oxygen atoms in total. The van der Waals surface area contributed by atoms with Gasteiger partial charge in [0.25, 0.3) is 5.91 Å². The average Bonchev–Trinajstić information content (AvgIpc) is 3.28. The highest BCUT2D eigenvalue weighted by molar-refractivity contribution is 5.92. The lowest BCUT2D eigenvalue weighted by Crippen LogP contribution is -2.40. The van der Waals surface area contributed by atoms with Gasteiger partial charge in [-0.2, -0.15) is 5.10 Å². The van der Waals surface area contributed by atoms with Crippen LogP contribution in [0.2, 0.25) is 0 Å². The number of likely N-dealkylation sites (tertiary alicyclic amines) is 1. The Balaban J connectivity index is 1.51. The van der Waals surface area contributed by atoms with E-state index in [2.05, 4.69) is 25.7 Å². The Morgan fingerprint density at radius 3 is 2.96 bits per heavy atom. The Kier molecular flexibility index (Phi) is 4.75. The summed E-state index contributed by atoms with van der Waals surface area (Å²) in [7, 11) is 1.82. The molecule has 3 aromatic heterocycles. The monoisotopic (exact) mass is 364 g/mol. The number of aromatic nitrogens is 5. The van der Waals surface area contributed by atoms with Crippen molar-refractivity contribution in [3.8, 4) is 0 Å². The minimum absolute atomic E-state index is 0.0492. The van der Waals surface area contributed by atoms with Crippen LogP contribution in [0.4, 0.5) is 0 Å². The predicted molar refractivity (Wildman–Crippen MR) is 101 cm³/mol. The number of pyridine rings is 1. The van der Waals surface area contributed by atoms with Crippen molar-refractivity contribution in [3.05, 3.63) is 65.8 Å². The molecule has 4 rings (SSSR count). The lowest BCUT2D eigenvalue weighted by Gasteiger charge is -2.32. The second-order valence-electron chi connectivity index (χ2n) is 7.16. The van der Waals surface area contributed by atoms with Crippen LogP contribution in [0.25, 0.3) is 0 Å². The zero-order valence-electron chi connectivity index (χ0n) is 15.7. The maximum absolute atomic E-state index is 13.0. The van der Waals surface area contributed by atoms with Gasteiger partial charge in [0.15, 0.2) is 0 Å². The first-order valence-corrected chi connectivity index (χ1v) is 9.31. The summed E-state index contributed by atoms with van der Waals surface area (Å²) in [6.07, 6.45) is 9.53. The molecule has 0 bridgehead atoms. The molecule has 0 spiro atoms. The molecule has 1 aliphatic heterocycles. The van der Waals surface area contributed by atoms with Crippen molar-refractivity contribution < 1.29 is 4.79 Å². The summed E-state index contributed by atoms with van der Waals surface area (Å²) >= 11 is 0. The Morgan fingerprint density at radius 1 is 1.33 bits per heavy atom. The van der Waals surface area contributed by atoms with Gasteiger partial charge in [-0.15, -0.1) is 0 Å². The highest BCUT2D eigenvalue weighted by atomic mass is 16.2. The van der Waals surface area contributed by atoms with Gasteiger partial charge in [-0.25, -0.2) is 4.98 Å². The van der Waals surface area contributed by atoms with Crippen LogP contribution in [0.15, 0.2) is 43.0 Å². The summed E-state index contributed by atoms with van der Waals surface area (Å²) in [6.45, 7) is 4.12. The van der Waals surface area contributed by atoms with Gasteiger partial charge in [0.05, 0.1) is 12.2 Å². The largest absolute Gasteiger partial charge is 0.337 e. The first-order valence-electron chi connectivity index (χ1n) is 9.31. The summed E-state index contributed by atoms with van der Waals surface area (Å²) in [5.41, 5.74) is 2.65. The number of aryl methyl sites for hydroxylation is 2. The molecule has 7 heteroatoms. The van der Waals surface area contributed by atoms with Gasteiger partial charge in [0, 0.05) is 50.8 Å². The first-order chi connectivity index (χ1) is 13.1. The third-order valence-corrected chi connectivity index (χ3v) is 5.12. The Hall–Kier alpha value is -2.96. The van der Waals surface area contributed by atoms with Crippen LogP contribution < -0.4 is 0 Å². The number of nitrogens with zero attached hydrogens (tertiary/aromatic N) is 6. The molecular weight excluding hydrogens is 340 g/mol. The fourth-order valence-electron chi connectivity index (χ4n) is 3.85. The van der Waals surface area contributed by atoms with Crippen LogP contribution in [-0.4, -0.2) is 48.2 Å². The molecule has 0 N–H and O–H groups in total. The minimum Gasteiger partial charge on any atom is -0.337 e. The Morgan fingerprint density at radius 2 is 2.22 bits per heavy atom. The van der Waals surface area contributed by atoms with E-state index in [1.165, 1.54) is 0 Å². The number of amides is 1. The molecule has 0 saturated carbocycles. The second-order valence-corrected chi connectivity index (χ2v) is 7.16. The summed E-state index contributed by atoms with van der Waals surface area (Å²) < 4.78 is 3.84. The van der Waals surface area contributed by atoms with E-state index in [-0.39, 0.29) is 11.8 Å². The average molecular weight is 364 g/mol. The fourth-order valence-corrected chi connectivity index (χ4v) is 3.85. The highest BCUT2D eigenvalue weighted by Crippen LogP contribution is 2.27. The third kappa shape index (κ3) is 3.63. The minimum atomic E-state index is 0.0492. The lowest BCUT2D eigenvalue weighted by atomic mass is 9.96. The SMILES string of the molecule is Cc1cc(C(=O)N2CCC[C@@H](c3nccn3Cc3cccnc3)C2)n(C)n1. The summed E-state index contributed by atoms with van der Waals surface area (Å²) in [5.74, 6) is 1.33. The molecular formula is C20H24N6O. The quantitative estimate of drug-likeness (QED) is 0.713. The number of hydrogen-bond acceptors (Lipinski definition) is 4. The van der Waals surface area contributed by atoms with Gasteiger partial charge in [-0.1, -0.05) is 6.07 Å². The van der Waals surface area contributed by atoms with Gasteiger partial charge in [-0.05, 0) is 37.5 Å². The normalized spacial score (nSPS) is 17.3. The molecule has 1 saturated heterocycles. The predicted octanol–water partition coefficient (Wildman–Crippen LogP) is 2.39. The Labute approximate surface area is 158 Å². The van der Waals surface area contributed by atoms with Crippen molar-refractivity contribution in [2.45, 2.75) is 32.2 Å². The van der Waals surface area contributed by atoms with E-state index in [4.69, 9.17) is 0 Å². The molecule has 3 aromatic rings. The summed E-state index contributed by atoms with van der Waals surface area (Å²) in [6, 6.07) is 5.87. The molecule has 0 aliphatic carbocycles. The molecule has 1 fully saturated rings. The van der Waals surface area contributed by atoms with E-state index in [1.54, 1.807) is 10.9 Å². The smallest absolute Gasteiger partial charge is 0.272 e. The number of imidazole rings is 1. The lowest BCUT2D eigenvalue weighted by molar-refractivity contribution is 0.0692. The molecule has 0 aromatic carbocycles. The van der Waals surface area contributed by atoms with Gasteiger partial charge in [0.1, 0.15) is 11.5 Å². The van der Waals surface area contributed by atoms with Crippen LogP contribution >= 0.6 is 0 Å². The van der Waals surface area contributed by atoms with Crippen molar-refractivity contribution in [2.24, 2.45) is 7.05 Å². The molecule has 140 valence electrons. The fraction of sp³-hybridized carbons (Fsp3) is 0.400. The van der Waals surface area contributed by atoms with Crippen LogP contribution in [0, 0.1) is 6.92 Å². The number of hydrogen-bond donors (Lipinski definition) is 0. The van der Waals surface area contributed by atoms with E-state index >= 15 is 0 Å². The van der Waals surface area contributed by atoms with Gasteiger partial charge < -0.3 is 9.47 Å². The van der Waals surface area contributed by atoms with E-state index in [0.717, 1.165) is 43.0 Å². The van der Waals surface area contributed by atoms with Crippen LogP contribution in [0.1, 0.15) is 46.3 Å². The van der Waals surface area contributed by atoms with Gasteiger partial charge in [0.2, 0.25) is 0 Å². The maximum Gasteiger partial charge on any atom is 0.272 e. The molecule has 1 aliphatic rings. The second kappa shape index (κ2) is 7.34. The van der Waals surface area contributed by atoms with Gasteiger partial charge in [-0.3, -0.25) is 14.5 Å². The van der Waals surface area contributed by atoms with Crippen molar-refractivity contribution in [3.63, 3.8) is 0 Å². The maximum atomic E-state index is 13.0. The molecule has 4 heterocycles. The molecule has 1 amide bonds. The Bertz CT molecular complexity index is 929. The third-order valence-electron chi connectivity index (χ3n) is 5.12. The summed E-state index contributed by atoms with van der Waals surface area (Å²) in [4.78, 5) is 23.7. The highest BCUT2D eigenvalue weighted by Gasteiger charge is 2.29. The first kappa shape index (κ1) is 17.5. The standard InChI is InChI=1S/C20H24N6O/c1-15-11-18(24(2)23-15)20(27)26-9-4-6-17(14-26)19-22-8-10-25(19)13-16-5-3-7-21-12-16/h3,5,7-8,10-12,17H,4,6,9,13-14H2,1-2H3/t17-/m1/s1. The van der Waals surface area contributed by atoms with Crippen LogP contribution in [0.3, 0.4) is 0 Å². The zero-order valence-corrected chi connectivity index (χ0v) is 15.7. The molecule has 27 heavy (non-hydrogen) atoms. The number of carbonyl (C=O) groups excluding carboxylic acids is 1. The van der Waals surface area contributed by atoms with E-state index in [0.29, 0.717) is 12.2 Å². The van der Waals surface area contributed by atoms with Crippen LogP contribution in [-0.2, 0) is 13.6 Å². The number of carbonyl (C=O) groups is 1. The van der Waals surface area contributed by atoms with E-state index in [9.17, 15) is 4.79 Å². The van der Waals surface area contributed by atoms with Crippen molar-refractivity contribution in [2.75, 3.05) is 13.1 Å². The molecule has 1 atom stereocenters. The molecule has 0 unspecified atom stereocenters. The van der Waals surface area contributed by atoms with Crippen LogP contribution in [0.5, 0.6) is 0 Å². The molecule has 0 radical (unpaired) electrons.